The monoisotopic (exact) mass is 243 g/mol. The Morgan fingerprint density at radius 3 is 2.83 bits per heavy atom. The smallest absolute Gasteiger partial charge is 0.338 e. The van der Waals surface area contributed by atoms with Crippen molar-refractivity contribution in [2.45, 2.75) is 18.8 Å². The molecule has 2 aromatic rings. The molecular weight excluding hydrogens is 230 g/mol. The van der Waals surface area contributed by atoms with Crippen LogP contribution in [0.4, 0.5) is 0 Å². The number of pyridine rings is 1. The maximum Gasteiger partial charge on any atom is 0.338 e. The van der Waals surface area contributed by atoms with Gasteiger partial charge in [0.15, 0.2) is 0 Å². The second kappa shape index (κ2) is 3.98. The summed E-state index contributed by atoms with van der Waals surface area (Å²) in [6, 6.07) is 4.95. The van der Waals surface area contributed by atoms with Gasteiger partial charge in [0.05, 0.1) is 18.4 Å². The minimum absolute atomic E-state index is 0.0946. The van der Waals surface area contributed by atoms with E-state index in [1.807, 2.05) is 0 Å². The van der Waals surface area contributed by atoms with Crippen molar-refractivity contribution in [3.8, 4) is 5.75 Å². The maximum atomic E-state index is 11.6. The van der Waals surface area contributed by atoms with E-state index in [0.29, 0.717) is 11.5 Å². The summed E-state index contributed by atoms with van der Waals surface area (Å²) in [5, 5.41) is 11.6. The topological polar surface area (TPSA) is 59.4 Å². The average molecular weight is 243 g/mol. The molecule has 1 aliphatic rings. The third kappa shape index (κ3) is 1.70. The summed E-state index contributed by atoms with van der Waals surface area (Å²) >= 11 is 0. The summed E-state index contributed by atoms with van der Waals surface area (Å²) in [4.78, 5) is 15.9. The quantitative estimate of drug-likeness (QED) is 0.823. The number of benzene rings is 1. The highest BCUT2D eigenvalue weighted by Gasteiger charge is 2.27. The molecule has 4 nitrogen and oxygen atoms in total. The fraction of sp³-hybridized carbons (Fsp3) is 0.286. The number of aromatic nitrogens is 1. The van der Waals surface area contributed by atoms with Crippen LogP contribution >= 0.6 is 0 Å². The van der Waals surface area contributed by atoms with E-state index in [9.17, 15) is 9.90 Å². The molecule has 1 saturated carbocycles. The molecule has 0 spiro atoms. The van der Waals surface area contributed by atoms with Crippen molar-refractivity contribution >= 4 is 16.7 Å². The van der Waals surface area contributed by atoms with Gasteiger partial charge in [-0.2, -0.15) is 0 Å². The second-order valence-electron chi connectivity index (χ2n) is 4.55. The molecule has 4 heteroatoms. The van der Waals surface area contributed by atoms with E-state index in [4.69, 9.17) is 0 Å². The third-order valence-electron chi connectivity index (χ3n) is 3.27. The molecule has 1 aliphatic carbocycles. The van der Waals surface area contributed by atoms with Crippen LogP contribution in [0.3, 0.4) is 0 Å². The van der Waals surface area contributed by atoms with E-state index in [2.05, 4.69) is 9.72 Å². The van der Waals surface area contributed by atoms with Gasteiger partial charge in [0.2, 0.25) is 0 Å². The second-order valence-corrected chi connectivity index (χ2v) is 4.55. The van der Waals surface area contributed by atoms with Crippen LogP contribution in [0.5, 0.6) is 5.75 Å². The van der Waals surface area contributed by atoms with Crippen molar-refractivity contribution in [1.82, 2.24) is 4.98 Å². The lowest BCUT2D eigenvalue weighted by molar-refractivity contribution is 0.0600. The summed E-state index contributed by atoms with van der Waals surface area (Å²) in [6.45, 7) is 0. The Kier molecular flexibility index (Phi) is 2.44. The van der Waals surface area contributed by atoms with Crippen LogP contribution in [0.1, 0.15) is 34.8 Å². The highest BCUT2D eigenvalue weighted by Crippen LogP contribution is 2.43. The molecule has 3 rings (SSSR count). The van der Waals surface area contributed by atoms with Gasteiger partial charge in [0, 0.05) is 22.9 Å². The van der Waals surface area contributed by atoms with Crippen molar-refractivity contribution in [1.29, 1.82) is 0 Å². The van der Waals surface area contributed by atoms with Crippen molar-refractivity contribution in [3.63, 3.8) is 0 Å². The third-order valence-corrected chi connectivity index (χ3v) is 3.27. The molecule has 18 heavy (non-hydrogen) atoms. The lowest BCUT2D eigenvalue weighted by atomic mass is 10.0. The Morgan fingerprint density at radius 1 is 1.39 bits per heavy atom. The summed E-state index contributed by atoms with van der Waals surface area (Å²) in [5.74, 6) is 0.107. The number of esters is 1. The van der Waals surface area contributed by atoms with Crippen molar-refractivity contribution in [3.05, 3.63) is 35.7 Å². The normalized spacial score (nSPS) is 14.7. The van der Waals surface area contributed by atoms with Gasteiger partial charge in [-0.3, -0.25) is 4.98 Å². The lowest BCUT2D eigenvalue weighted by Gasteiger charge is -2.08. The van der Waals surface area contributed by atoms with E-state index in [-0.39, 0.29) is 5.75 Å². The van der Waals surface area contributed by atoms with Gasteiger partial charge in [-0.05, 0) is 31.0 Å². The number of aromatic hydroxyl groups is 1. The van der Waals surface area contributed by atoms with E-state index in [0.717, 1.165) is 29.3 Å². The minimum atomic E-state index is -0.446. The van der Waals surface area contributed by atoms with Crippen LogP contribution in [0.15, 0.2) is 24.4 Å². The molecule has 0 bridgehead atoms. The zero-order chi connectivity index (χ0) is 12.7. The molecule has 0 radical (unpaired) electrons. The lowest BCUT2D eigenvalue weighted by Crippen LogP contribution is -2.01. The fourth-order valence-corrected chi connectivity index (χ4v) is 2.20. The Bertz CT molecular complexity index is 632. The van der Waals surface area contributed by atoms with E-state index in [1.54, 1.807) is 18.3 Å². The van der Waals surface area contributed by atoms with Gasteiger partial charge in [0.1, 0.15) is 5.75 Å². The highest BCUT2D eigenvalue weighted by atomic mass is 16.5. The zero-order valence-corrected chi connectivity index (χ0v) is 10.0. The average Bonchev–Trinajstić information content (AvgIpc) is 3.21. The standard InChI is InChI=1S/C14H13NO3/c1-18-14(17)9-6-11-10(12(16)7-9)4-5-15-13(11)8-2-3-8/h4-8,16H,2-3H2,1H3. The number of hydrogen-bond acceptors (Lipinski definition) is 4. The van der Waals surface area contributed by atoms with Gasteiger partial charge in [-0.15, -0.1) is 0 Å². The molecule has 0 atom stereocenters. The predicted octanol–water partition coefficient (Wildman–Crippen LogP) is 2.60. The first-order valence-corrected chi connectivity index (χ1v) is 5.90. The van der Waals surface area contributed by atoms with Crippen LogP contribution in [0, 0.1) is 0 Å². The maximum absolute atomic E-state index is 11.6. The summed E-state index contributed by atoms with van der Waals surface area (Å²) in [7, 11) is 1.33. The molecule has 0 unspecified atom stereocenters. The van der Waals surface area contributed by atoms with Gasteiger partial charge < -0.3 is 9.84 Å². The number of hydrogen-bond donors (Lipinski definition) is 1. The summed E-state index contributed by atoms with van der Waals surface area (Å²) in [6.07, 6.45) is 3.94. The van der Waals surface area contributed by atoms with Crippen LogP contribution in [-0.2, 0) is 4.74 Å². The predicted molar refractivity (Wildman–Crippen MR) is 66.7 cm³/mol. The summed E-state index contributed by atoms with van der Waals surface area (Å²) < 4.78 is 4.69. The number of fused-ring (bicyclic) bond motifs is 1. The van der Waals surface area contributed by atoms with E-state index in [1.165, 1.54) is 13.2 Å². The Morgan fingerprint density at radius 2 is 2.17 bits per heavy atom. The first-order chi connectivity index (χ1) is 8.70. The molecule has 0 saturated heterocycles. The van der Waals surface area contributed by atoms with E-state index < -0.39 is 5.97 Å². The fourth-order valence-electron chi connectivity index (χ4n) is 2.20. The first-order valence-electron chi connectivity index (χ1n) is 5.90. The zero-order valence-electron chi connectivity index (χ0n) is 10.0. The Balaban J connectivity index is 2.26. The Labute approximate surface area is 104 Å². The number of methoxy groups -OCH3 is 1. The molecule has 92 valence electrons. The van der Waals surface area contributed by atoms with Crippen LogP contribution < -0.4 is 0 Å². The van der Waals surface area contributed by atoms with Crippen LogP contribution in [-0.4, -0.2) is 23.2 Å². The number of phenols is 1. The number of phenolic OH excluding ortho intramolecular Hbond substituents is 1. The largest absolute Gasteiger partial charge is 0.507 e. The van der Waals surface area contributed by atoms with E-state index >= 15 is 0 Å². The summed E-state index contributed by atoms with van der Waals surface area (Å²) in [5.41, 5.74) is 1.32. The number of ether oxygens (including phenoxy) is 1. The molecule has 0 aliphatic heterocycles. The molecule has 1 aromatic heterocycles. The van der Waals surface area contributed by atoms with Gasteiger partial charge in [0.25, 0.3) is 0 Å². The molecule has 1 fully saturated rings. The highest BCUT2D eigenvalue weighted by molar-refractivity contribution is 5.99. The van der Waals surface area contributed by atoms with Gasteiger partial charge in [-0.1, -0.05) is 0 Å². The van der Waals surface area contributed by atoms with Gasteiger partial charge in [-0.25, -0.2) is 4.79 Å². The van der Waals surface area contributed by atoms with Crippen LogP contribution in [0.2, 0.25) is 0 Å². The van der Waals surface area contributed by atoms with Crippen LogP contribution in [0.25, 0.3) is 10.8 Å². The van der Waals surface area contributed by atoms with Crippen molar-refractivity contribution in [2.24, 2.45) is 0 Å². The SMILES string of the molecule is COC(=O)c1cc(O)c2ccnc(C3CC3)c2c1. The van der Waals surface area contributed by atoms with Gasteiger partial charge >= 0.3 is 5.97 Å². The number of rotatable bonds is 2. The molecule has 0 amide bonds. The molecule has 1 aromatic carbocycles. The molecule has 1 N–H and O–H groups in total. The number of nitrogens with zero attached hydrogens (tertiary/aromatic N) is 1. The minimum Gasteiger partial charge on any atom is -0.507 e. The number of carbonyl (C=O) groups is 1. The van der Waals surface area contributed by atoms with Crippen molar-refractivity contribution in [2.75, 3.05) is 7.11 Å². The molecular formula is C14H13NO3. The van der Waals surface area contributed by atoms with Crippen molar-refractivity contribution < 1.29 is 14.6 Å². The first kappa shape index (κ1) is 11.0. The Hall–Kier alpha value is -2.10. The number of carbonyl (C=O) groups excluding carboxylic acids is 1. The molecule has 1 heterocycles.